The number of hydrogen-bond donors (Lipinski definition) is 1. The van der Waals surface area contributed by atoms with Crippen molar-refractivity contribution < 1.29 is 19.1 Å². The molecule has 1 unspecified atom stereocenters. The molecule has 0 aromatic rings. The topological polar surface area (TPSA) is 79.0 Å². The molecule has 2 amide bonds. The smallest absolute Gasteiger partial charge is 0.310 e. The first kappa shape index (κ1) is 20.4. The van der Waals surface area contributed by atoms with E-state index in [1.807, 2.05) is 25.7 Å². The van der Waals surface area contributed by atoms with E-state index in [0.717, 1.165) is 19.4 Å². The molecule has 1 aliphatic rings. The number of carbonyl (C=O) groups is 3. The van der Waals surface area contributed by atoms with E-state index in [2.05, 4.69) is 5.32 Å². The highest BCUT2D eigenvalue weighted by Crippen LogP contribution is 2.17. The maximum absolute atomic E-state index is 12.3. The van der Waals surface area contributed by atoms with Crippen LogP contribution in [0.1, 0.15) is 40.5 Å². The minimum Gasteiger partial charge on any atom is -0.466 e. The molecule has 0 aromatic heterocycles. The van der Waals surface area contributed by atoms with Gasteiger partial charge in [0.25, 0.3) is 0 Å². The molecular weight excluding hydrogens is 310 g/mol. The lowest BCUT2D eigenvalue weighted by molar-refractivity contribution is -0.150. The third-order valence-electron chi connectivity index (χ3n) is 3.81. The molecule has 1 heterocycles. The molecule has 1 aliphatic heterocycles. The molecule has 0 saturated carbocycles. The molecule has 138 valence electrons. The summed E-state index contributed by atoms with van der Waals surface area (Å²) in [5.41, 5.74) is -0.319. The van der Waals surface area contributed by atoms with Gasteiger partial charge in [-0.1, -0.05) is 0 Å². The van der Waals surface area contributed by atoms with Gasteiger partial charge in [0.2, 0.25) is 11.8 Å². The van der Waals surface area contributed by atoms with Crippen molar-refractivity contribution in [2.45, 2.75) is 46.1 Å². The number of nitrogens with one attached hydrogen (secondary N) is 1. The number of rotatable bonds is 6. The lowest BCUT2D eigenvalue weighted by Gasteiger charge is -2.32. The normalized spacial score (nSPS) is 18.8. The van der Waals surface area contributed by atoms with Gasteiger partial charge in [0.1, 0.15) is 0 Å². The maximum Gasteiger partial charge on any atom is 0.310 e. The van der Waals surface area contributed by atoms with Crippen LogP contribution in [0.3, 0.4) is 0 Å². The van der Waals surface area contributed by atoms with Crippen molar-refractivity contribution in [1.29, 1.82) is 0 Å². The number of likely N-dealkylation sites (tertiary alicyclic amines) is 1. The second kappa shape index (κ2) is 9.01. The van der Waals surface area contributed by atoms with Crippen LogP contribution in [-0.2, 0) is 19.1 Å². The number of nitrogens with zero attached hydrogens (tertiary/aromatic N) is 2. The maximum atomic E-state index is 12.3. The highest BCUT2D eigenvalue weighted by Gasteiger charge is 2.28. The summed E-state index contributed by atoms with van der Waals surface area (Å²) in [6, 6.07) is 0. The van der Waals surface area contributed by atoms with Gasteiger partial charge in [0, 0.05) is 19.1 Å². The number of hydrogen-bond acceptors (Lipinski definition) is 5. The van der Waals surface area contributed by atoms with E-state index in [-0.39, 0.29) is 42.3 Å². The SMILES string of the molecule is CCOC(=O)C1CCCN(CC(=O)N(C)CC(=O)NC(C)(C)C)C1. The van der Waals surface area contributed by atoms with Gasteiger partial charge < -0.3 is 15.0 Å². The Labute approximate surface area is 144 Å². The average Bonchev–Trinajstić information content (AvgIpc) is 2.45. The number of esters is 1. The highest BCUT2D eigenvalue weighted by molar-refractivity contribution is 5.85. The summed E-state index contributed by atoms with van der Waals surface area (Å²) in [4.78, 5) is 39.4. The van der Waals surface area contributed by atoms with Crippen LogP contribution in [0.25, 0.3) is 0 Å². The fourth-order valence-electron chi connectivity index (χ4n) is 2.73. The number of ether oxygens (including phenoxy) is 1. The van der Waals surface area contributed by atoms with E-state index in [4.69, 9.17) is 4.74 Å². The van der Waals surface area contributed by atoms with Gasteiger partial charge in [-0.25, -0.2) is 0 Å². The Morgan fingerprint density at radius 3 is 2.54 bits per heavy atom. The Bertz CT molecular complexity index is 459. The summed E-state index contributed by atoms with van der Waals surface area (Å²) in [7, 11) is 1.62. The van der Waals surface area contributed by atoms with Gasteiger partial charge in [-0.2, -0.15) is 0 Å². The lowest BCUT2D eigenvalue weighted by Crippen LogP contribution is -2.49. The highest BCUT2D eigenvalue weighted by atomic mass is 16.5. The molecule has 1 N–H and O–H groups in total. The second-order valence-electron chi connectivity index (χ2n) is 7.37. The van der Waals surface area contributed by atoms with Crippen LogP contribution in [0, 0.1) is 5.92 Å². The standard InChI is InChI=1S/C17H31N3O4/c1-6-24-16(23)13-8-7-9-20(10-13)12-15(22)19(5)11-14(21)18-17(2,3)4/h13H,6-12H2,1-5H3,(H,18,21). The van der Waals surface area contributed by atoms with Crippen molar-refractivity contribution in [3.63, 3.8) is 0 Å². The summed E-state index contributed by atoms with van der Waals surface area (Å²) in [5.74, 6) is -0.654. The molecule has 0 spiro atoms. The van der Waals surface area contributed by atoms with Crippen molar-refractivity contribution in [2.24, 2.45) is 5.92 Å². The molecule has 1 fully saturated rings. The first-order valence-electron chi connectivity index (χ1n) is 8.56. The number of amides is 2. The summed E-state index contributed by atoms with van der Waals surface area (Å²) in [6.45, 7) is 9.43. The van der Waals surface area contributed by atoms with E-state index >= 15 is 0 Å². The number of carbonyl (C=O) groups excluding carboxylic acids is 3. The van der Waals surface area contributed by atoms with Crippen LogP contribution >= 0.6 is 0 Å². The van der Waals surface area contributed by atoms with Crippen molar-refractivity contribution in [3.8, 4) is 0 Å². The third kappa shape index (κ3) is 7.29. The molecule has 0 aromatic carbocycles. The zero-order valence-corrected chi connectivity index (χ0v) is 15.6. The average molecular weight is 341 g/mol. The van der Waals surface area contributed by atoms with Crippen LogP contribution in [0.15, 0.2) is 0 Å². The Hall–Kier alpha value is -1.63. The molecule has 7 nitrogen and oxygen atoms in total. The summed E-state index contributed by atoms with van der Waals surface area (Å²) >= 11 is 0. The predicted octanol–water partition coefficient (Wildman–Crippen LogP) is 0.635. The Kier molecular flexibility index (Phi) is 7.66. The molecular formula is C17H31N3O4. The van der Waals surface area contributed by atoms with Crippen molar-refractivity contribution >= 4 is 17.8 Å². The van der Waals surface area contributed by atoms with E-state index in [1.165, 1.54) is 4.90 Å². The Morgan fingerprint density at radius 1 is 1.29 bits per heavy atom. The van der Waals surface area contributed by atoms with Crippen LogP contribution in [0.4, 0.5) is 0 Å². The van der Waals surface area contributed by atoms with Gasteiger partial charge in [-0.05, 0) is 47.1 Å². The van der Waals surface area contributed by atoms with E-state index < -0.39 is 0 Å². The first-order valence-corrected chi connectivity index (χ1v) is 8.56. The lowest BCUT2D eigenvalue weighted by atomic mass is 9.98. The molecule has 0 bridgehead atoms. The zero-order valence-electron chi connectivity index (χ0n) is 15.6. The van der Waals surface area contributed by atoms with Gasteiger partial charge in [0.15, 0.2) is 0 Å². The molecule has 0 aliphatic carbocycles. The molecule has 0 radical (unpaired) electrons. The molecule has 7 heteroatoms. The van der Waals surface area contributed by atoms with Gasteiger partial charge in [-0.15, -0.1) is 0 Å². The molecule has 1 rings (SSSR count). The van der Waals surface area contributed by atoms with Crippen molar-refractivity contribution in [3.05, 3.63) is 0 Å². The van der Waals surface area contributed by atoms with Gasteiger partial charge in [-0.3, -0.25) is 19.3 Å². The molecule has 24 heavy (non-hydrogen) atoms. The van der Waals surface area contributed by atoms with Crippen LogP contribution in [-0.4, -0.2) is 73.0 Å². The Morgan fingerprint density at radius 2 is 1.96 bits per heavy atom. The quantitative estimate of drug-likeness (QED) is 0.717. The zero-order chi connectivity index (χ0) is 18.3. The minimum absolute atomic E-state index is 0.0330. The number of likely N-dealkylation sites (N-methyl/N-ethyl adjacent to an activating group) is 1. The molecule has 1 atom stereocenters. The third-order valence-corrected chi connectivity index (χ3v) is 3.81. The van der Waals surface area contributed by atoms with E-state index in [0.29, 0.717) is 13.2 Å². The van der Waals surface area contributed by atoms with Crippen LogP contribution < -0.4 is 5.32 Å². The first-order chi connectivity index (χ1) is 11.1. The molecule has 1 saturated heterocycles. The number of piperidine rings is 1. The second-order valence-corrected chi connectivity index (χ2v) is 7.37. The van der Waals surface area contributed by atoms with Crippen LogP contribution in [0.2, 0.25) is 0 Å². The summed E-state index contributed by atoms with van der Waals surface area (Å²) in [5, 5.41) is 2.84. The van der Waals surface area contributed by atoms with E-state index in [1.54, 1.807) is 14.0 Å². The fourth-order valence-corrected chi connectivity index (χ4v) is 2.73. The van der Waals surface area contributed by atoms with E-state index in [9.17, 15) is 14.4 Å². The fraction of sp³-hybridized carbons (Fsp3) is 0.824. The van der Waals surface area contributed by atoms with Crippen molar-refractivity contribution in [2.75, 3.05) is 39.8 Å². The summed E-state index contributed by atoms with van der Waals surface area (Å²) < 4.78 is 5.07. The van der Waals surface area contributed by atoms with Gasteiger partial charge in [0.05, 0.1) is 25.6 Å². The monoisotopic (exact) mass is 341 g/mol. The van der Waals surface area contributed by atoms with Crippen molar-refractivity contribution in [1.82, 2.24) is 15.1 Å². The Balaban J connectivity index is 2.45. The summed E-state index contributed by atoms with van der Waals surface area (Å²) in [6.07, 6.45) is 1.67. The van der Waals surface area contributed by atoms with Crippen LogP contribution in [0.5, 0.6) is 0 Å². The minimum atomic E-state index is -0.319. The van der Waals surface area contributed by atoms with Gasteiger partial charge >= 0.3 is 5.97 Å². The largest absolute Gasteiger partial charge is 0.466 e. The predicted molar refractivity (Wildman–Crippen MR) is 91.3 cm³/mol.